The molecule has 0 spiro atoms. The molecule has 1 aliphatic heterocycles. The molecule has 1 aromatic carbocycles. The molecule has 1 saturated heterocycles. The molecule has 120 valence electrons. The first-order chi connectivity index (χ1) is 10.6. The van der Waals surface area contributed by atoms with E-state index in [1.165, 1.54) is 12.1 Å². The van der Waals surface area contributed by atoms with E-state index in [9.17, 15) is 14.0 Å². The SMILES string of the molecule is O=C(CC(=O)NCC1CCCO1)NCCc1ccc(F)cc1. The highest BCUT2D eigenvalue weighted by Crippen LogP contribution is 2.10. The fraction of sp³-hybridized carbons (Fsp3) is 0.500. The van der Waals surface area contributed by atoms with Gasteiger partial charge in [-0.15, -0.1) is 0 Å². The highest BCUT2D eigenvalue weighted by Gasteiger charge is 2.17. The van der Waals surface area contributed by atoms with Crippen molar-refractivity contribution in [2.75, 3.05) is 19.7 Å². The predicted molar refractivity (Wildman–Crippen MR) is 79.7 cm³/mol. The Morgan fingerprint density at radius 2 is 1.91 bits per heavy atom. The van der Waals surface area contributed by atoms with E-state index in [1.807, 2.05) is 0 Å². The minimum absolute atomic E-state index is 0.0745. The topological polar surface area (TPSA) is 67.4 Å². The molecule has 0 saturated carbocycles. The first-order valence-corrected chi connectivity index (χ1v) is 7.53. The Morgan fingerprint density at radius 1 is 1.18 bits per heavy atom. The summed E-state index contributed by atoms with van der Waals surface area (Å²) >= 11 is 0. The van der Waals surface area contributed by atoms with Crippen LogP contribution in [-0.2, 0) is 20.7 Å². The van der Waals surface area contributed by atoms with E-state index in [-0.39, 0.29) is 30.2 Å². The van der Waals surface area contributed by atoms with Crippen molar-refractivity contribution >= 4 is 11.8 Å². The summed E-state index contributed by atoms with van der Waals surface area (Å²) in [5.41, 5.74) is 0.935. The Morgan fingerprint density at radius 3 is 2.59 bits per heavy atom. The maximum atomic E-state index is 12.7. The summed E-state index contributed by atoms with van der Waals surface area (Å²) in [4.78, 5) is 23.2. The first kappa shape index (κ1) is 16.4. The van der Waals surface area contributed by atoms with Gasteiger partial charge >= 0.3 is 0 Å². The van der Waals surface area contributed by atoms with E-state index in [0.29, 0.717) is 19.5 Å². The van der Waals surface area contributed by atoms with Crippen LogP contribution in [0.5, 0.6) is 0 Å². The van der Waals surface area contributed by atoms with Gasteiger partial charge < -0.3 is 15.4 Å². The lowest BCUT2D eigenvalue weighted by atomic mass is 10.1. The third kappa shape index (κ3) is 5.81. The molecule has 1 unspecified atom stereocenters. The van der Waals surface area contributed by atoms with Crippen molar-refractivity contribution < 1.29 is 18.7 Å². The van der Waals surface area contributed by atoms with Crippen molar-refractivity contribution in [3.05, 3.63) is 35.6 Å². The van der Waals surface area contributed by atoms with Crippen LogP contribution in [0.4, 0.5) is 4.39 Å². The molecule has 0 aliphatic carbocycles. The van der Waals surface area contributed by atoms with Crippen LogP contribution in [0.2, 0.25) is 0 Å². The number of hydrogen-bond donors (Lipinski definition) is 2. The Balaban J connectivity index is 1.58. The number of carbonyl (C=O) groups excluding carboxylic acids is 2. The number of ether oxygens (including phenoxy) is 1. The van der Waals surface area contributed by atoms with Gasteiger partial charge in [-0.25, -0.2) is 4.39 Å². The van der Waals surface area contributed by atoms with E-state index >= 15 is 0 Å². The minimum atomic E-state index is -0.313. The number of amides is 2. The molecule has 2 amide bonds. The van der Waals surface area contributed by atoms with Crippen molar-refractivity contribution in [2.24, 2.45) is 0 Å². The highest BCUT2D eigenvalue weighted by atomic mass is 19.1. The Labute approximate surface area is 129 Å². The first-order valence-electron chi connectivity index (χ1n) is 7.53. The number of benzene rings is 1. The second kappa shape index (κ2) is 8.48. The monoisotopic (exact) mass is 308 g/mol. The van der Waals surface area contributed by atoms with Crippen LogP contribution in [-0.4, -0.2) is 37.6 Å². The number of hydrogen-bond acceptors (Lipinski definition) is 3. The quantitative estimate of drug-likeness (QED) is 0.743. The van der Waals surface area contributed by atoms with Crippen molar-refractivity contribution in [1.82, 2.24) is 10.6 Å². The normalized spacial score (nSPS) is 17.2. The van der Waals surface area contributed by atoms with Gasteiger partial charge in [-0.05, 0) is 37.0 Å². The van der Waals surface area contributed by atoms with E-state index < -0.39 is 0 Å². The van der Waals surface area contributed by atoms with Gasteiger partial charge in [0.2, 0.25) is 11.8 Å². The molecule has 5 nitrogen and oxygen atoms in total. The van der Waals surface area contributed by atoms with Crippen LogP contribution >= 0.6 is 0 Å². The van der Waals surface area contributed by atoms with Gasteiger partial charge in [-0.2, -0.15) is 0 Å². The maximum absolute atomic E-state index is 12.7. The van der Waals surface area contributed by atoms with Gasteiger partial charge in [-0.1, -0.05) is 12.1 Å². The lowest BCUT2D eigenvalue weighted by Crippen LogP contribution is -2.36. The Bertz CT molecular complexity index is 499. The average molecular weight is 308 g/mol. The Kier molecular flexibility index (Phi) is 6.33. The lowest BCUT2D eigenvalue weighted by molar-refractivity contribution is -0.129. The van der Waals surface area contributed by atoms with Crippen LogP contribution in [0.15, 0.2) is 24.3 Å². The number of carbonyl (C=O) groups is 2. The third-order valence-electron chi connectivity index (χ3n) is 3.52. The second-order valence-electron chi connectivity index (χ2n) is 5.34. The van der Waals surface area contributed by atoms with Crippen molar-refractivity contribution in [2.45, 2.75) is 31.8 Å². The van der Waals surface area contributed by atoms with Crippen LogP contribution in [0, 0.1) is 5.82 Å². The summed E-state index contributed by atoms with van der Waals surface area (Å²) in [5.74, 6) is -0.891. The largest absolute Gasteiger partial charge is 0.376 e. The summed E-state index contributed by atoms with van der Waals surface area (Å²) in [5, 5.41) is 5.38. The predicted octanol–water partition coefficient (Wildman–Crippen LogP) is 1.17. The molecule has 0 bridgehead atoms. The second-order valence-corrected chi connectivity index (χ2v) is 5.34. The molecular formula is C16H21FN2O3. The minimum Gasteiger partial charge on any atom is -0.376 e. The van der Waals surface area contributed by atoms with E-state index in [2.05, 4.69) is 10.6 Å². The van der Waals surface area contributed by atoms with Gasteiger partial charge in [0.15, 0.2) is 0 Å². The zero-order valence-electron chi connectivity index (χ0n) is 12.4. The summed E-state index contributed by atoms with van der Waals surface area (Å²) in [6.07, 6.45) is 2.46. The lowest BCUT2D eigenvalue weighted by Gasteiger charge is -2.10. The summed E-state index contributed by atoms with van der Waals surface area (Å²) in [6, 6.07) is 6.12. The standard InChI is InChI=1S/C16H21FN2O3/c17-13-5-3-12(4-6-13)7-8-18-15(20)10-16(21)19-11-14-2-1-9-22-14/h3-6,14H,1-2,7-11H2,(H,18,20)(H,19,21). The molecule has 1 atom stereocenters. The molecule has 2 rings (SSSR count). The number of halogens is 1. The molecule has 0 radical (unpaired) electrons. The Hall–Kier alpha value is -1.95. The molecule has 2 N–H and O–H groups in total. The molecule has 1 aromatic rings. The van der Waals surface area contributed by atoms with Crippen LogP contribution in [0.1, 0.15) is 24.8 Å². The summed E-state index contributed by atoms with van der Waals surface area (Å²) in [7, 11) is 0. The fourth-order valence-electron chi connectivity index (χ4n) is 2.30. The van der Waals surface area contributed by atoms with Gasteiger partial charge in [0.1, 0.15) is 12.2 Å². The van der Waals surface area contributed by atoms with Crippen LogP contribution < -0.4 is 10.6 Å². The molecule has 1 heterocycles. The number of rotatable bonds is 7. The van der Waals surface area contributed by atoms with Gasteiger partial charge in [0.05, 0.1) is 6.10 Å². The van der Waals surface area contributed by atoms with E-state index in [1.54, 1.807) is 12.1 Å². The van der Waals surface area contributed by atoms with Crippen molar-refractivity contribution in [1.29, 1.82) is 0 Å². The van der Waals surface area contributed by atoms with Gasteiger partial charge in [-0.3, -0.25) is 9.59 Å². The molecule has 6 heteroatoms. The van der Waals surface area contributed by atoms with Crippen molar-refractivity contribution in [3.63, 3.8) is 0 Å². The molecule has 22 heavy (non-hydrogen) atoms. The van der Waals surface area contributed by atoms with Crippen LogP contribution in [0.3, 0.4) is 0 Å². The van der Waals surface area contributed by atoms with E-state index in [4.69, 9.17) is 4.74 Å². The molecular weight excluding hydrogens is 287 g/mol. The number of nitrogens with one attached hydrogen (secondary N) is 2. The third-order valence-corrected chi connectivity index (χ3v) is 3.52. The van der Waals surface area contributed by atoms with Gasteiger partial charge in [0.25, 0.3) is 0 Å². The highest BCUT2D eigenvalue weighted by molar-refractivity contribution is 5.96. The van der Waals surface area contributed by atoms with E-state index in [0.717, 1.165) is 25.0 Å². The van der Waals surface area contributed by atoms with Gasteiger partial charge in [0, 0.05) is 19.7 Å². The fourth-order valence-corrected chi connectivity index (χ4v) is 2.30. The zero-order valence-corrected chi connectivity index (χ0v) is 12.4. The van der Waals surface area contributed by atoms with Crippen molar-refractivity contribution in [3.8, 4) is 0 Å². The van der Waals surface area contributed by atoms with Crippen LogP contribution in [0.25, 0.3) is 0 Å². The molecule has 0 aromatic heterocycles. The summed E-state index contributed by atoms with van der Waals surface area (Å²) < 4.78 is 18.1. The molecule has 1 fully saturated rings. The maximum Gasteiger partial charge on any atom is 0.229 e. The average Bonchev–Trinajstić information content (AvgIpc) is 3.00. The molecule has 1 aliphatic rings. The smallest absolute Gasteiger partial charge is 0.229 e. The summed E-state index contributed by atoms with van der Waals surface area (Å²) in [6.45, 7) is 1.62. The zero-order chi connectivity index (χ0) is 15.8.